The molecule has 18 heavy (non-hydrogen) atoms. The Morgan fingerprint density at radius 2 is 2.11 bits per heavy atom. The van der Waals surface area contributed by atoms with Crippen LogP contribution in [0.25, 0.3) is 0 Å². The fraction of sp³-hybridized carbons (Fsp3) is 0.600. The van der Waals surface area contributed by atoms with Gasteiger partial charge in [-0.3, -0.25) is 0 Å². The average Bonchev–Trinajstić information content (AvgIpc) is 2.93. The van der Waals surface area contributed by atoms with Crippen LogP contribution in [0.1, 0.15) is 24.3 Å². The van der Waals surface area contributed by atoms with Crippen LogP contribution in [0.5, 0.6) is 0 Å². The molecule has 2 heterocycles. The van der Waals surface area contributed by atoms with Crippen LogP contribution in [0.2, 0.25) is 0 Å². The van der Waals surface area contributed by atoms with E-state index in [9.17, 15) is 4.39 Å². The van der Waals surface area contributed by atoms with E-state index in [1.54, 1.807) is 12.1 Å². The summed E-state index contributed by atoms with van der Waals surface area (Å²) < 4.78 is 19.5. The molecule has 3 atom stereocenters. The molecule has 2 fully saturated rings. The van der Waals surface area contributed by atoms with Crippen molar-refractivity contribution < 1.29 is 9.13 Å². The summed E-state index contributed by atoms with van der Waals surface area (Å²) in [6.07, 6.45) is 2.27. The molecule has 0 amide bonds. The standard InChI is InChI=1S/C15H20FNO/c16-15-4-2-1-3-13(15)14-9-17-7-5-12(14)11-6-8-18-10-11/h1-4,11-12,14,17H,5-10H2. The van der Waals surface area contributed by atoms with Crippen molar-refractivity contribution in [3.63, 3.8) is 0 Å². The Kier molecular flexibility index (Phi) is 3.62. The van der Waals surface area contributed by atoms with E-state index < -0.39 is 0 Å². The molecule has 1 N–H and O–H groups in total. The van der Waals surface area contributed by atoms with Crippen molar-refractivity contribution in [2.75, 3.05) is 26.3 Å². The first-order valence-corrected chi connectivity index (χ1v) is 6.89. The fourth-order valence-electron chi connectivity index (χ4n) is 3.45. The number of nitrogens with one attached hydrogen (secondary N) is 1. The van der Waals surface area contributed by atoms with Gasteiger partial charge in [-0.2, -0.15) is 0 Å². The molecule has 3 rings (SSSR count). The van der Waals surface area contributed by atoms with Gasteiger partial charge >= 0.3 is 0 Å². The minimum Gasteiger partial charge on any atom is -0.381 e. The van der Waals surface area contributed by atoms with Crippen LogP contribution in [0.3, 0.4) is 0 Å². The second-order valence-electron chi connectivity index (χ2n) is 5.41. The largest absolute Gasteiger partial charge is 0.381 e. The summed E-state index contributed by atoms with van der Waals surface area (Å²) in [5, 5.41) is 3.41. The summed E-state index contributed by atoms with van der Waals surface area (Å²) in [6, 6.07) is 7.22. The molecule has 0 aliphatic carbocycles. The Hall–Kier alpha value is -0.930. The van der Waals surface area contributed by atoms with Crippen LogP contribution < -0.4 is 5.32 Å². The van der Waals surface area contributed by atoms with Crippen LogP contribution in [0, 0.1) is 17.7 Å². The quantitative estimate of drug-likeness (QED) is 0.869. The van der Waals surface area contributed by atoms with Crippen molar-refractivity contribution in [2.45, 2.75) is 18.8 Å². The lowest BCUT2D eigenvalue weighted by molar-refractivity contribution is 0.153. The molecule has 3 unspecified atom stereocenters. The third kappa shape index (κ3) is 2.29. The maximum absolute atomic E-state index is 14.0. The zero-order valence-electron chi connectivity index (χ0n) is 10.6. The molecular weight excluding hydrogens is 229 g/mol. The van der Waals surface area contributed by atoms with Gasteiger partial charge in [0.05, 0.1) is 0 Å². The number of hydrogen-bond donors (Lipinski definition) is 1. The highest BCUT2D eigenvalue weighted by Gasteiger charge is 2.35. The van der Waals surface area contributed by atoms with Crippen molar-refractivity contribution in [1.82, 2.24) is 5.32 Å². The van der Waals surface area contributed by atoms with Gasteiger partial charge < -0.3 is 10.1 Å². The lowest BCUT2D eigenvalue weighted by atomic mass is 9.73. The predicted molar refractivity (Wildman–Crippen MR) is 69.0 cm³/mol. The highest BCUT2D eigenvalue weighted by Crippen LogP contribution is 2.38. The maximum Gasteiger partial charge on any atom is 0.126 e. The van der Waals surface area contributed by atoms with Gasteiger partial charge in [-0.1, -0.05) is 18.2 Å². The monoisotopic (exact) mass is 249 g/mol. The molecule has 2 aliphatic heterocycles. The third-order valence-corrected chi connectivity index (χ3v) is 4.41. The van der Waals surface area contributed by atoms with Gasteiger partial charge in [0.15, 0.2) is 0 Å². The van der Waals surface area contributed by atoms with Gasteiger partial charge in [0.2, 0.25) is 0 Å². The predicted octanol–water partition coefficient (Wildman–Crippen LogP) is 2.56. The Labute approximate surface area is 108 Å². The minimum atomic E-state index is -0.0601. The Morgan fingerprint density at radius 1 is 1.22 bits per heavy atom. The first kappa shape index (κ1) is 12.1. The lowest BCUT2D eigenvalue weighted by Crippen LogP contribution is -2.39. The van der Waals surface area contributed by atoms with Crippen molar-refractivity contribution in [3.8, 4) is 0 Å². The molecule has 0 aromatic heterocycles. The van der Waals surface area contributed by atoms with Crippen molar-refractivity contribution in [1.29, 1.82) is 0 Å². The second-order valence-corrected chi connectivity index (χ2v) is 5.41. The van der Waals surface area contributed by atoms with E-state index in [0.717, 1.165) is 44.7 Å². The SMILES string of the molecule is Fc1ccccc1C1CNCCC1C1CCOC1. The van der Waals surface area contributed by atoms with Gasteiger partial charge in [-0.25, -0.2) is 4.39 Å². The molecule has 1 aromatic carbocycles. The maximum atomic E-state index is 14.0. The highest BCUT2D eigenvalue weighted by molar-refractivity contribution is 5.24. The van der Waals surface area contributed by atoms with Crippen LogP contribution >= 0.6 is 0 Å². The number of ether oxygens (including phenoxy) is 1. The molecule has 0 spiro atoms. The molecule has 2 nitrogen and oxygen atoms in total. The van der Waals surface area contributed by atoms with Crippen LogP contribution in [-0.4, -0.2) is 26.3 Å². The Morgan fingerprint density at radius 3 is 2.89 bits per heavy atom. The molecular formula is C15H20FNO. The second kappa shape index (κ2) is 5.37. The molecule has 2 saturated heterocycles. The van der Waals surface area contributed by atoms with Crippen LogP contribution in [-0.2, 0) is 4.74 Å². The molecule has 0 bridgehead atoms. The molecule has 98 valence electrons. The zero-order chi connectivity index (χ0) is 12.4. The Bertz CT molecular complexity index is 403. The number of rotatable bonds is 2. The van der Waals surface area contributed by atoms with Gasteiger partial charge in [-0.05, 0) is 42.9 Å². The van der Waals surface area contributed by atoms with Crippen molar-refractivity contribution in [3.05, 3.63) is 35.6 Å². The van der Waals surface area contributed by atoms with Gasteiger partial charge in [-0.15, -0.1) is 0 Å². The third-order valence-electron chi connectivity index (χ3n) is 4.41. The normalized spacial score (nSPS) is 32.6. The lowest BCUT2D eigenvalue weighted by Gasteiger charge is -2.36. The van der Waals surface area contributed by atoms with Crippen LogP contribution in [0.4, 0.5) is 4.39 Å². The molecule has 1 aromatic rings. The summed E-state index contributed by atoms with van der Waals surface area (Å²) in [7, 11) is 0. The van der Waals surface area contributed by atoms with E-state index in [-0.39, 0.29) is 5.82 Å². The topological polar surface area (TPSA) is 21.3 Å². The van der Waals surface area contributed by atoms with Gasteiger partial charge in [0, 0.05) is 25.7 Å². The van der Waals surface area contributed by atoms with E-state index in [0.29, 0.717) is 17.8 Å². The smallest absolute Gasteiger partial charge is 0.126 e. The first-order valence-electron chi connectivity index (χ1n) is 6.89. The number of piperidine rings is 1. The zero-order valence-corrected chi connectivity index (χ0v) is 10.6. The summed E-state index contributed by atoms with van der Waals surface area (Å²) in [4.78, 5) is 0. The van der Waals surface area contributed by atoms with Gasteiger partial charge in [0.1, 0.15) is 5.82 Å². The molecule has 0 radical (unpaired) electrons. The summed E-state index contributed by atoms with van der Waals surface area (Å²) in [6.45, 7) is 3.67. The van der Waals surface area contributed by atoms with E-state index in [2.05, 4.69) is 5.32 Å². The Balaban J connectivity index is 1.85. The van der Waals surface area contributed by atoms with Crippen molar-refractivity contribution >= 4 is 0 Å². The van der Waals surface area contributed by atoms with E-state index in [1.807, 2.05) is 12.1 Å². The fourth-order valence-corrected chi connectivity index (χ4v) is 3.45. The summed E-state index contributed by atoms with van der Waals surface area (Å²) in [5.41, 5.74) is 0.876. The minimum absolute atomic E-state index is 0.0601. The van der Waals surface area contributed by atoms with E-state index in [1.165, 1.54) is 0 Å². The first-order chi connectivity index (χ1) is 8.86. The van der Waals surface area contributed by atoms with Gasteiger partial charge in [0.25, 0.3) is 0 Å². The average molecular weight is 249 g/mol. The molecule has 0 saturated carbocycles. The van der Waals surface area contributed by atoms with E-state index in [4.69, 9.17) is 4.74 Å². The highest BCUT2D eigenvalue weighted by atomic mass is 19.1. The molecule has 3 heteroatoms. The summed E-state index contributed by atoms with van der Waals surface area (Å²) in [5.74, 6) is 1.41. The van der Waals surface area contributed by atoms with Crippen LogP contribution in [0.15, 0.2) is 24.3 Å². The van der Waals surface area contributed by atoms with Crippen molar-refractivity contribution in [2.24, 2.45) is 11.8 Å². The number of halogens is 1. The van der Waals surface area contributed by atoms with E-state index >= 15 is 0 Å². The number of benzene rings is 1. The molecule has 2 aliphatic rings. The number of hydrogen-bond acceptors (Lipinski definition) is 2. The summed E-state index contributed by atoms with van der Waals surface area (Å²) >= 11 is 0.